The Balaban J connectivity index is 1.70. The first-order chi connectivity index (χ1) is 10.2. The van der Waals surface area contributed by atoms with Crippen molar-refractivity contribution >= 4 is 28.3 Å². The van der Waals surface area contributed by atoms with Crippen molar-refractivity contribution in [3.8, 4) is 0 Å². The molecule has 0 aliphatic rings. The van der Waals surface area contributed by atoms with Gasteiger partial charge in [-0.15, -0.1) is 11.3 Å². The third-order valence-corrected chi connectivity index (χ3v) is 3.88. The minimum atomic E-state index is -0.238. The molecule has 0 fully saturated rings. The standard InChI is InChI=1S/C15H15N3O2S/c1-2-20-15(19)7-10-9-21-14(16-10)8-13-17-11-5-3-4-6-12(11)18-13/h3-6,9H,2,7-8H2,1H3,(H,17,18). The van der Waals surface area contributed by atoms with Crippen LogP contribution in [0.1, 0.15) is 23.4 Å². The topological polar surface area (TPSA) is 67.9 Å². The summed E-state index contributed by atoms with van der Waals surface area (Å²) in [5.41, 5.74) is 2.73. The van der Waals surface area contributed by atoms with Crippen molar-refractivity contribution in [2.45, 2.75) is 19.8 Å². The van der Waals surface area contributed by atoms with Gasteiger partial charge in [0.05, 0.1) is 36.2 Å². The zero-order valence-corrected chi connectivity index (χ0v) is 12.4. The molecule has 3 aromatic rings. The second-order valence-corrected chi connectivity index (χ2v) is 5.53. The number of esters is 1. The number of hydrogen-bond acceptors (Lipinski definition) is 5. The summed E-state index contributed by atoms with van der Waals surface area (Å²) < 4.78 is 4.92. The maximum atomic E-state index is 11.4. The van der Waals surface area contributed by atoms with Crippen LogP contribution in [0.15, 0.2) is 29.6 Å². The van der Waals surface area contributed by atoms with E-state index in [9.17, 15) is 4.79 Å². The molecule has 1 N–H and O–H groups in total. The fraction of sp³-hybridized carbons (Fsp3) is 0.267. The predicted molar refractivity (Wildman–Crippen MR) is 81.4 cm³/mol. The van der Waals surface area contributed by atoms with Crippen LogP contribution < -0.4 is 0 Å². The van der Waals surface area contributed by atoms with Crippen molar-refractivity contribution in [2.75, 3.05) is 6.61 Å². The Morgan fingerprint density at radius 1 is 1.33 bits per heavy atom. The number of carbonyl (C=O) groups is 1. The fourth-order valence-electron chi connectivity index (χ4n) is 2.10. The first-order valence-corrected chi connectivity index (χ1v) is 7.65. The van der Waals surface area contributed by atoms with E-state index in [-0.39, 0.29) is 12.4 Å². The van der Waals surface area contributed by atoms with Crippen molar-refractivity contribution in [1.29, 1.82) is 0 Å². The maximum absolute atomic E-state index is 11.4. The van der Waals surface area contributed by atoms with Gasteiger partial charge in [0.1, 0.15) is 10.8 Å². The molecule has 0 bridgehead atoms. The highest BCUT2D eigenvalue weighted by molar-refractivity contribution is 7.09. The van der Waals surface area contributed by atoms with E-state index in [1.54, 1.807) is 6.92 Å². The Hall–Kier alpha value is -2.21. The lowest BCUT2D eigenvalue weighted by Gasteiger charge is -1.98. The Kier molecular flexibility index (Phi) is 3.96. The highest BCUT2D eigenvalue weighted by Crippen LogP contribution is 2.17. The van der Waals surface area contributed by atoms with Crippen LogP contribution in [0.25, 0.3) is 11.0 Å². The number of aromatic amines is 1. The van der Waals surface area contributed by atoms with Gasteiger partial charge in [0.15, 0.2) is 0 Å². The van der Waals surface area contributed by atoms with Crippen molar-refractivity contribution in [2.24, 2.45) is 0 Å². The second kappa shape index (κ2) is 6.05. The number of benzene rings is 1. The van der Waals surface area contributed by atoms with Crippen LogP contribution in [0.5, 0.6) is 0 Å². The van der Waals surface area contributed by atoms with Gasteiger partial charge in [0, 0.05) is 5.38 Å². The summed E-state index contributed by atoms with van der Waals surface area (Å²) in [7, 11) is 0. The average Bonchev–Trinajstić information content (AvgIpc) is 3.05. The SMILES string of the molecule is CCOC(=O)Cc1csc(Cc2nc3ccccc3[nH]2)n1. The molecule has 1 aromatic carbocycles. The van der Waals surface area contributed by atoms with Gasteiger partial charge in [-0.05, 0) is 19.1 Å². The molecule has 0 saturated heterocycles. The molecule has 0 aliphatic heterocycles. The van der Waals surface area contributed by atoms with Crippen LogP contribution in [0.4, 0.5) is 0 Å². The van der Waals surface area contributed by atoms with Crippen LogP contribution >= 0.6 is 11.3 Å². The molecule has 0 atom stereocenters. The summed E-state index contributed by atoms with van der Waals surface area (Å²) in [4.78, 5) is 23.7. The highest BCUT2D eigenvalue weighted by atomic mass is 32.1. The van der Waals surface area contributed by atoms with Crippen molar-refractivity contribution in [3.05, 3.63) is 46.2 Å². The van der Waals surface area contributed by atoms with E-state index in [0.29, 0.717) is 13.0 Å². The van der Waals surface area contributed by atoms with Crippen molar-refractivity contribution in [1.82, 2.24) is 15.0 Å². The van der Waals surface area contributed by atoms with E-state index in [1.165, 1.54) is 11.3 Å². The number of nitrogens with zero attached hydrogens (tertiary/aromatic N) is 2. The van der Waals surface area contributed by atoms with Crippen LogP contribution in [0.2, 0.25) is 0 Å². The van der Waals surface area contributed by atoms with Crippen LogP contribution in [0, 0.1) is 0 Å². The number of thiazole rings is 1. The largest absolute Gasteiger partial charge is 0.466 e. The van der Waals surface area contributed by atoms with E-state index < -0.39 is 0 Å². The van der Waals surface area contributed by atoms with Gasteiger partial charge >= 0.3 is 5.97 Å². The minimum Gasteiger partial charge on any atom is -0.466 e. The summed E-state index contributed by atoms with van der Waals surface area (Å²) in [5, 5.41) is 2.84. The molecule has 21 heavy (non-hydrogen) atoms. The summed E-state index contributed by atoms with van der Waals surface area (Å²) in [6.07, 6.45) is 0.868. The van der Waals surface area contributed by atoms with Gasteiger partial charge in [0.2, 0.25) is 0 Å². The third-order valence-electron chi connectivity index (χ3n) is 2.99. The van der Waals surface area contributed by atoms with E-state index >= 15 is 0 Å². The number of rotatable bonds is 5. The molecule has 0 amide bonds. The lowest BCUT2D eigenvalue weighted by molar-refractivity contribution is -0.142. The Labute approximate surface area is 126 Å². The summed E-state index contributed by atoms with van der Waals surface area (Å²) in [6, 6.07) is 7.92. The first kappa shape index (κ1) is 13.8. The zero-order chi connectivity index (χ0) is 14.7. The normalized spacial score (nSPS) is 10.9. The number of nitrogens with one attached hydrogen (secondary N) is 1. The number of ether oxygens (including phenoxy) is 1. The molecule has 0 saturated carbocycles. The molecule has 0 aliphatic carbocycles. The number of hydrogen-bond donors (Lipinski definition) is 1. The Morgan fingerprint density at radius 3 is 3.00 bits per heavy atom. The molecule has 2 aromatic heterocycles. The molecule has 0 radical (unpaired) electrons. The lowest BCUT2D eigenvalue weighted by atomic mass is 10.3. The number of para-hydroxylation sites is 2. The van der Waals surface area contributed by atoms with Crippen LogP contribution in [-0.4, -0.2) is 27.5 Å². The van der Waals surface area contributed by atoms with Gasteiger partial charge in [-0.1, -0.05) is 12.1 Å². The predicted octanol–water partition coefficient (Wildman–Crippen LogP) is 2.72. The maximum Gasteiger partial charge on any atom is 0.311 e. The quantitative estimate of drug-likeness (QED) is 0.736. The first-order valence-electron chi connectivity index (χ1n) is 6.77. The average molecular weight is 301 g/mol. The Morgan fingerprint density at radius 2 is 2.19 bits per heavy atom. The lowest BCUT2D eigenvalue weighted by Crippen LogP contribution is -2.07. The smallest absolute Gasteiger partial charge is 0.311 e. The van der Waals surface area contributed by atoms with E-state index in [1.807, 2.05) is 29.6 Å². The number of H-pyrrole nitrogens is 1. The van der Waals surface area contributed by atoms with E-state index in [0.717, 1.165) is 27.6 Å². The molecular weight excluding hydrogens is 286 g/mol. The van der Waals surface area contributed by atoms with Crippen LogP contribution in [0.3, 0.4) is 0 Å². The van der Waals surface area contributed by atoms with E-state index in [2.05, 4.69) is 15.0 Å². The molecule has 0 spiro atoms. The third kappa shape index (κ3) is 3.28. The number of carbonyl (C=O) groups excluding carboxylic acids is 1. The highest BCUT2D eigenvalue weighted by Gasteiger charge is 2.10. The van der Waals surface area contributed by atoms with Crippen LogP contribution in [-0.2, 0) is 22.4 Å². The molecule has 2 heterocycles. The van der Waals surface area contributed by atoms with Crippen molar-refractivity contribution in [3.63, 3.8) is 0 Å². The van der Waals surface area contributed by atoms with Crippen molar-refractivity contribution < 1.29 is 9.53 Å². The minimum absolute atomic E-state index is 0.227. The van der Waals surface area contributed by atoms with Gasteiger partial charge in [0.25, 0.3) is 0 Å². The molecule has 0 unspecified atom stereocenters. The van der Waals surface area contributed by atoms with Gasteiger partial charge in [-0.3, -0.25) is 4.79 Å². The zero-order valence-electron chi connectivity index (χ0n) is 11.6. The number of fused-ring (bicyclic) bond motifs is 1. The summed E-state index contributed by atoms with van der Waals surface area (Å²) >= 11 is 1.54. The van der Waals surface area contributed by atoms with Gasteiger partial charge in [-0.25, -0.2) is 9.97 Å². The second-order valence-electron chi connectivity index (χ2n) is 4.59. The molecule has 6 heteroatoms. The van der Waals surface area contributed by atoms with Gasteiger partial charge in [-0.2, -0.15) is 0 Å². The van der Waals surface area contributed by atoms with E-state index in [4.69, 9.17) is 4.74 Å². The Bertz CT molecular complexity index is 730. The molecular formula is C15H15N3O2S. The number of imidazole rings is 1. The summed E-state index contributed by atoms with van der Waals surface area (Å²) in [6.45, 7) is 2.20. The molecule has 5 nitrogen and oxygen atoms in total. The molecule has 3 rings (SSSR count). The molecule has 108 valence electrons. The monoisotopic (exact) mass is 301 g/mol. The fourth-order valence-corrected chi connectivity index (χ4v) is 2.90. The summed E-state index contributed by atoms with van der Waals surface area (Å²) in [5.74, 6) is 0.645. The van der Waals surface area contributed by atoms with Gasteiger partial charge < -0.3 is 9.72 Å². The number of aromatic nitrogens is 3.